The van der Waals surface area contributed by atoms with Crippen molar-refractivity contribution in [3.63, 3.8) is 0 Å². The summed E-state index contributed by atoms with van der Waals surface area (Å²) in [5.74, 6) is 1.25. The fourth-order valence-corrected chi connectivity index (χ4v) is 4.25. The Morgan fingerprint density at radius 3 is 2.81 bits per heavy atom. The van der Waals surface area contributed by atoms with Crippen LogP contribution in [0.25, 0.3) is 0 Å². The van der Waals surface area contributed by atoms with Gasteiger partial charge in [0.15, 0.2) is 0 Å². The summed E-state index contributed by atoms with van der Waals surface area (Å²) in [6.45, 7) is 0.733. The Bertz CT molecular complexity index is 1000. The molecule has 1 aliphatic carbocycles. The molecule has 1 saturated carbocycles. The molecule has 8 heteroatoms. The van der Waals surface area contributed by atoms with Crippen LogP contribution in [-0.4, -0.2) is 22.0 Å². The van der Waals surface area contributed by atoms with Crippen LogP contribution in [0.5, 0.6) is 11.6 Å². The maximum absolute atomic E-state index is 12.4. The van der Waals surface area contributed by atoms with Crippen LogP contribution < -0.4 is 14.8 Å². The Morgan fingerprint density at radius 1 is 1.19 bits per heavy atom. The lowest BCUT2D eigenvalue weighted by atomic mass is 10.2. The van der Waals surface area contributed by atoms with Crippen molar-refractivity contribution < 1.29 is 14.3 Å². The molecule has 2 aromatic heterocycles. The fourth-order valence-electron chi connectivity index (χ4n) is 3.42. The molecule has 0 unspecified atom stereocenters. The van der Waals surface area contributed by atoms with Crippen molar-refractivity contribution >= 4 is 28.8 Å². The number of thiazole rings is 1. The molecule has 1 N–H and O–H groups in total. The summed E-state index contributed by atoms with van der Waals surface area (Å²) in [6, 6.07) is 11.0. The van der Waals surface area contributed by atoms with E-state index in [-0.39, 0.29) is 18.4 Å². The second kappa shape index (κ2) is 10.6. The third-order valence-corrected chi connectivity index (χ3v) is 6.15. The number of halogens is 1. The van der Waals surface area contributed by atoms with E-state index in [0.717, 1.165) is 34.9 Å². The van der Waals surface area contributed by atoms with Gasteiger partial charge in [-0.25, -0.2) is 9.97 Å². The molecule has 3 aromatic rings. The molecule has 0 radical (unpaired) electrons. The predicted octanol–water partition coefficient (Wildman–Crippen LogP) is 4.95. The van der Waals surface area contributed by atoms with Gasteiger partial charge in [-0.15, -0.1) is 11.3 Å². The number of rotatable bonds is 9. The van der Waals surface area contributed by atoms with E-state index in [1.54, 1.807) is 18.3 Å². The lowest BCUT2D eigenvalue weighted by Gasteiger charge is -2.15. The monoisotopic (exact) mass is 457 g/mol. The smallest absolute Gasteiger partial charge is 0.226 e. The van der Waals surface area contributed by atoms with Crippen LogP contribution in [0.1, 0.15) is 41.9 Å². The average molecular weight is 458 g/mol. The summed E-state index contributed by atoms with van der Waals surface area (Å²) < 4.78 is 11.7. The second-order valence-corrected chi connectivity index (χ2v) is 8.80. The molecule has 0 aliphatic heterocycles. The number of carbonyl (C=O) groups excluding carboxylic acids is 1. The lowest BCUT2D eigenvalue weighted by molar-refractivity contribution is -0.120. The first-order valence-corrected chi connectivity index (χ1v) is 11.6. The number of aromatic nitrogens is 2. The Morgan fingerprint density at radius 2 is 2.00 bits per heavy atom. The number of amides is 1. The van der Waals surface area contributed by atoms with E-state index in [1.165, 1.54) is 24.2 Å². The number of ether oxygens (including phenoxy) is 2. The van der Waals surface area contributed by atoms with Crippen LogP contribution in [0, 0.1) is 0 Å². The van der Waals surface area contributed by atoms with Crippen molar-refractivity contribution in [3.05, 3.63) is 69.3 Å². The summed E-state index contributed by atoms with van der Waals surface area (Å²) in [6.07, 6.45) is 6.70. The molecule has 1 amide bonds. The van der Waals surface area contributed by atoms with E-state index in [4.69, 9.17) is 21.1 Å². The number of hydrogen-bond donors (Lipinski definition) is 1. The highest BCUT2D eigenvalue weighted by Crippen LogP contribution is 2.25. The van der Waals surface area contributed by atoms with Gasteiger partial charge < -0.3 is 14.8 Å². The molecule has 0 saturated heterocycles. The number of nitrogens with one attached hydrogen (secondary N) is 1. The Hall–Kier alpha value is -2.64. The zero-order valence-electron chi connectivity index (χ0n) is 17.1. The van der Waals surface area contributed by atoms with Crippen LogP contribution >= 0.6 is 22.9 Å². The molecule has 162 valence electrons. The molecule has 31 heavy (non-hydrogen) atoms. The minimum Gasteiger partial charge on any atom is -0.486 e. The first-order valence-electron chi connectivity index (χ1n) is 10.3. The van der Waals surface area contributed by atoms with Crippen LogP contribution in [0.2, 0.25) is 5.02 Å². The lowest BCUT2D eigenvalue weighted by Crippen LogP contribution is -2.25. The molecular weight excluding hydrogens is 434 g/mol. The quantitative estimate of drug-likeness (QED) is 0.492. The van der Waals surface area contributed by atoms with Crippen LogP contribution in [0.4, 0.5) is 0 Å². The molecule has 1 aromatic carbocycles. The summed E-state index contributed by atoms with van der Waals surface area (Å²) in [5.41, 5.74) is 1.61. The first kappa shape index (κ1) is 21.6. The number of nitrogens with zero attached hydrogens (tertiary/aromatic N) is 2. The van der Waals surface area contributed by atoms with Gasteiger partial charge in [0.2, 0.25) is 11.8 Å². The molecule has 2 heterocycles. The van der Waals surface area contributed by atoms with Crippen molar-refractivity contribution in [1.82, 2.24) is 15.3 Å². The van der Waals surface area contributed by atoms with Crippen LogP contribution in [0.15, 0.2) is 48.0 Å². The number of benzene rings is 1. The van der Waals surface area contributed by atoms with E-state index < -0.39 is 0 Å². The number of hydrogen-bond acceptors (Lipinski definition) is 6. The van der Waals surface area contributed by atoms with Crippen molar-refractivity contribution in [2.24, 2.45) is 0 Å². The normalized spacial score (nSPS) is 13.8. The molecule has 6 nitrogen and oxygen atoms in total. The van der Waals surface area contributed by atoms with E-state index >= 15 is 0 Å². The van der Waals surface area contributed by atoms with Gasteiger partial charge in [-0.1, -0.05) is 17.7 Å². The predicted molar refractivity (Wildman–Crippen MR) is 121 cm³/mol. The summed E-state index contributed by atoms with van der Waals surface area (Å²) >= 11 is 7.35. The van der Waals surface area contributed by atoms with Crippen molar-refractivity contribution in [3.8, 4) is 11.6 Å². The molecule has 0 bridgehead atoms. The Labute approximate surface area is 190 Å². The molecule has 4 rings (SSSR count). The highest BCUT2D eigenvalue weighted by Gasteiger charge is 2.19. The molecule has 1 aliphatic rings. The highest BCUT2D eigenvalue weighted by atomic mass is 35.5. The number of pyridine rings is 1. The fraction of sp³-hybridized carbons (Fsp3) is 0.348. The average Bonchev–Trinajstić information content (AvgIpc) is 3.45. The van der Waals surface area contributed by atoms with E-state index in [0.29, 0.717) is 24.1 Å². The van der Waals surface area contributed by atoms with Gasteiger partial charge in [-0.3, -0.25) is 4.79 Å². The minimum absolute atomic E-state index is 0.0915. The van der Waals surface area contributed by atoms with Crippen molar-refractivity contribution in [2.75, 3.05) is 0 Å². The van der Waals surface area contributed by atoms with Crippen LogP contribution in [-0.2, 0) is 24.4 Å². The summed E-state index contributed by atoms with van der Waals surface area (Å²) in [5, 5.41) is 6.32. The van der Waals surface area contributed by atoms with Crippen LogP contribution in [0.3, 0.4) is 0 Å². The van der Waals surface area contributed by atoms with Gasteiger partial charge in [-0.05, 0) is 56.0 Å². The zero-order valence-corrected chi connectivity index (χ0v) is 18.6. The standard InChI is InChI=1S/C23H24ClN3O3S/c24-17-7-9-19(10-8-17)29-14-22-27-18(15-31-22)12-21(28)26-13-16-4-3-11-25-23(16)30-20-5-1-2-6-20/h3-4,7-11,15,20H,1-2,5-6,12-14H2,(H,26,28). The zero-order chi connectivity index (χ0) is 21.5. The SMILES string of the molecule is O=C(Cc1csc(COc2ccc(Cl)cc2)n1)NCc1cccnc1OC1CCCC1. The third kappa shape index (κ3) is 6.42. The van der Waals surface area contributed by atoms with Gasteiger partial charge in [-0.2, -0.15) is 0 Å². The third-order valence-electron chi connectivity index (χ3n) is 5.02. The highest BCUT2D eigenvalue weighted by molar-refractivity contribution is 7.09. The van der Waals surface area contributed by atoms with Gasteiger partial charge in [0, 0.05) is 28.7 Å². The maximum Gasteiger partial charge on any atom is 0.226 e. The second-order valence-electron chi connectivity index (χ2n) is 7.42. The molecule has 0 spiro atoms. The summed E-state index contributed by atoms with van der Waals surface area (Å²) in [4.78, 5) is 21.3. The molecular formula is C23H24ClN3O3S. The van der Waals surface area contributed by atoms with Gasteiger partial charge in [0.1, 0.15) is 23.5 Å². The minimum atomic E-state index is -0.0915. The maximum atomic E-state index is 12.4. The first-order chi connectivity index (χ1) is 15.2. The van der Waals surface area contributed by atoms with Gasteiger partial charge >= 0.3 is 0 Å². The Kier molecular flexibility index (Phi) is 7.38. The van der Waals surface area contributed by atoms with E-state index in [2.05, 4.69) is 15.3 Å². The molecule has 1 fully saturated rings. The molecule has 0 atom stereocenters. The topological polar surface area (TPSA) is 73.3 Å². The van der Waals surface area contributed by atoms with E-state index in [9.17, 15) is 4.79 Å². The Balaban J connectivity index is 1.25. The largest absolute Gasteiger partial charge is 0.486 e. The summed E-state index contributed by atoms with van der Waals surface area (Å²) in [7, 11) is 0. The van der Waals surface area contributed by atoms with Gasteiger partial charge in [0.05, 0.1) is 12.1 Å². The van der Waals surface area contributed by atoms with Gasteiger partial charge in [0.25, 0.3) is 0 Å². The number of carbonyl (C=O) groups is 1. The van der Waals surface area contributed by atoms with Crippen molar-refractivity contribution in [2.45, 2.75) is 51.4 Å². The van der Waals surface area contributed by atoms with Crippen molar-refractivity contribution in [1.29, 1.82) is 0 Å². The van der Waals surface area contributed by atoms with E-state index in [1.807, 2.05) is 29.6 Å².